The standard InChI is InChI=1S/C35H27N3OS.C33H26N4OS/c1-34(22-35(36-2)29-17-8-6-15-27(29)31(34)28-16-7-9-18-30(28)35)32(39)38-33-37-26(21-40-33)20-23-11-10-14-25(19-23)24-12-4-3-5-13-24;1-32(20-33(34-2)27-12-5-3-10-25(27)29(32)26-11-4-6-13-28(26)33)30(38)37-31-36-24(19-39-31)17-21-8-7-9-22(16-21)23-14-15-35-18-23/h3-19,21,31H,20,22H2,1H3,(H,37,38,39);3-14,16,18-19,29H,15,17,20H2,1H3,(H,36,37,38). The van der Waals surface area contributed by atoms with Crippen molar-refractivity contribution in [1.82, 2.24) is 9.97 Å². The lowest BCUT2D eigenvalue weighted by Crippen LogP contribution is -2.53. The van der Waals surface area contributed by atoms with Crippen molar-refractivity contribution in [3.63, 3.8) is 0 Å². The number of carbonyl (C=O) groups excluding carboxylic acids is 2. The SMILES string of the molecule is [C-]#[N+]C12CC(C)(C(=O)Nc3nc(Cc4cccc(-c5ccccc5)c4)cs3)C(c3ccccc31)c1ccccc12.[C-]#[N+]C12CC(C)(C(=O)Nc3nc(Cc4cccc(C5=CCN=C5)c4)cs3)C(c3ccccc31)c1ccccc12. The second-order valence-corrected chi connectivity index (χ2v) is 23.5. The number of allylic oxidation sites excluding steroid dienone is 1. The lowest BCUT2D eigenvalue weighted by atomic mass is 9.49. The molecule has 0 spiro atoms. The zero-order valence-electron chi connectivity index (χ0n) is 43.6. The first-order chi connectivity index (χ1) is 38.5. The molecule has 2 aromatic heterocycles. The van der Waals surface area contributed by atoms with Gasteiger partial charge in [-0.15, -0.1) is 22.7 Å². The van der Waals surface area contributed by atoms with E-state index in [1.165, 1.54) is 44.9 Å². The van der Waals surface area contributed by atoms with Crippen LogP contribution in [0.15, 0.2) is 198 Å². The van der Waals surface area contributed by atoms with Crippen LogP contribution in [0.3, 0.4) is 0 Å². The molecule has 4 bridgehead atoms. The molecule has 0 fully saturated rings. The zero-order valence-corrected chi connectivity index (χ0v) is 45.2. The number of anilines is 2. The van der Waals surface area contributed by atoms with Crippen LogP contribution in [-0.4, -0.2) is 34.5 Å². The number of aliphatic imine (C=N–C) groups is 1. The van der Waals surface area contributed by atoms with Gasteiger partial charge in [-0.1, -0.05) is 182 Å². The average Bonchev–Trinajstić information content (AvgIpc) is 4.47. The lowest BCUT2D eigenvalue weighted by Gasteiger charge is -2.51. The first-order valence-electron chi connectivity index (χ1n) is 26.6. The number of nitrogens with zero attached hydrogens (tertiary/aromatic N) is 5. The molecule has 384 valence electrons. The molecule has 9 nitrogen and oxygen atoms in total. The minimum absolute atomic E-state index is 0.0819. The summed E-state index contributed by atoms with van der Waals surface area (Å²) in [5, 5.41) is 11.5. The van der Waals surface area contributed by atoms with E-state index in [4.69, 9.17) is 23.1 Å². The van der Waals surface area contributed by atoms with Crippen LogP contribution in [0.1, 0.15) is 111 Å². The van der Waals surface area contributed by atoms with Crippen LogP contribution in [0.25, 0.3) is 26.4 Å². The van der Waals surface area contributed by atoms with Crippen molar-refractivity contribution in [2.75, 3.05) is 17.2 Å². The first-order valence-corrected chi connectivity index (χ1v) is 28.4. The topological polar surface area (TPSA) is 105 Å². The highest BCUT2D eigenvalue weighted by Crippen LogP contribution is 2.66. The van der Waals surface area contributed by atoms with Crippen molar-refractivity contribution >= 4 is 56.5 Å². The largest absolute Gasteiger partial charge is 0.301 e. The fraction of sp³-hybridized carbons (Fsp3) is 0.191. The summed E-state index contributed by atoms with van der Waals surface area (Å²) in [6.45, 7) is 21.4. The number of benzene rings is 7. The Hall–Kier alpha value is -8.87. The van der Waals surface area contributed by atoms with E-state index >= 15 is 0 Å². The van der Waals surface area contributed by atoms with Crippen molar-refractivity contribution in [3.05, 3.63) is 288 Å². The molecule has 0 saturated heterocycles. The molecular formula is C68H53N7O2S2. The van der Waals surface area contributed by atoms with E-state index in [1.807, 2.05) is 97.6 Å². The number of fused-ring (bicyclic) bond motifs is 2. The molecule has 1 aliphatic heterocycles. The predicted molar refractivity (Wildman–Crippen MR) is 316 cm³/mol. The zero-order chi connectivity index (χ0) is 53.9. The van der Waals surface area contributed by atoms with E-state index in [0.717, 1.165) is 73.6 Å². The Kier molecular flexibility index (Phi) is 12.3. The van der Waals surface area contributed by atoms with Gasteiger partial charge in [0.25, 0.3) is 11.1 Å². The quantitative estimate of drug-likeness (QED) is 0.133. The average molecular weight is 1060 g/mol. The van der Waals surface area contributed by atoms with Gasteiger partial charge in [0.15, 0.2) is 10.3 Å². The third-order valence-corrected chi connectivity index (χ3v) is 18.7. The summed E-state index contributed by atoms with van der Waals surface area (Å²) < 4.78 is 0. The summed E-state index contributed by atoms with van der Waals surface area (Å²) in [6.07, 6.45) is 6.31. The van der Waals surface area contributed by atoms with Gasteiger partial charge in [-0.3, -0.25) is 24.3 Å². The normalized spacial score (nSPS) is 23.1. The van der Waals surface area contributed by atoms with Gasteiger partial charge in [0.2, 0.25) is 11.8 Å². The second kappa shape index (κ2) is 19.5. The fourth-order valence-electron chi connectivity index (χ4n) is 13.6. The Morgan fingerprint density at radius 1 is 0.532 bits per heavy atom. The molecule has 3 heterocycles. The Balaban J connectivity index is 0.000000150. The summed E-state index contributed by atoms with van der Waals surface area (Å²) >= 11 is 2.90. The van der Waals surface area contributed by atoms with Crippen LogP contribution in [-0.2, 0) is 33.5 Å². The molecular weight excluding hydrogens is 1010 g/mol. The van der Waals surface area contributed by atoms with Crippen LogP contribution < -0.4 is 10.6 Å². The molecule has 11 heteroatoms. The smallest absolute Gasteiger partial charge is 0.284 e. The summed E-state index contributed by atoms with van der Waals surface area (Å²) in [5.74, 6) is -0.408. The number of nitrogens with one attached hydrogen (secondary N) is 2. The first kappa shape index (κ1) is 49.7. The number of carbonyl (C=O) groups is 2. The maximum absolute atomic E-state index is 14.1. The van der Waals surface area contributed by atoms with E-state index in [1.54, 1.807) is 0 Å². The second-order valence-electron chi connectivity index (χ2n) is 21.8. The van der Waals surface area contributed by atoms with Crippen LogP contribution in [0.5, 0.6) is 0 Å². The minimum Gasteiger partial charge on any atom is -0.301 e. The van der Waals surface area contributed by atoms with Gasteiger partial charge in [0.1, 0.15) is 0 Å². The fourth-order valence-corrected chi connectivity index (χ4v) is 15.0. The summed E-state index contributed by atoms with van der Waals surface area (Å²) in [7, 11) is 0. The van der Waals surface area contributed by atoms with Crippen molar-refractivity contribution < 1.29 is 9.59 Å². The van der Waals surface area contributed by atoms with Gasteiger partial charge in [-0.05, 0) is 69.5 Å². The van der Waals surface area contributed by atoms with Gasteiger partial charge < -0.3 is 10.6 Å². The molecule has 2 amide bonds. The van der Waals surface area contributed by atoms with Crippen LogP contribution in [0.4, 0.5) is 10.3 Å². The molecule has 6 aliphatic carbocycles. The lowest BCUT2D eigenvalue weighted by molar-refractivity contribution is -0.128. The van der Waals surface area contributed by atoms with Gasteiger partial charge >= 0.3 is 0 Å². The molecule has 9 aromatic rings. The molecule has 7 aromatic carbocycles. The number of amides is 2. The van der Waals surface area contributed by atoms with Gasteiger partial charge in [-0.25, -0.2) is 23.1 Å². The molecule has 79 heavy (non-hydrogen) atoms. The summed E-state index contributed by atoms with van der Waals surface area (Å²) in [4.78, 5) is 50.5. The molecule has 2 atom stereocenters. The molecule has 0 saturated carbocycles. The highest BCUT2D eigenvalue weighted by Gasteiger charge is 2.66. The predicted octanol–water partition coefficient (Wildman–Crippen LogP) is 14.9. The number of aromatic nitrogens is 2. The van der Waals surface area contributed by atoms with Gasteiger partial charge in [0, 0.05) is 76.7 Å². The molecule has 16 rings (SSSR count). The van der Waals surface area contributed by atoms with E-state index in [2.05, 4.69) is 141 Å². The minimum atomic E-state index is -0.869. The maximum Gasteiger partial charge on any atom is 0.284 e. The van der Waals surface area contributed by atoms with E-state index < -0.39 is 21.9 Å². The summed E-state index contributed by atoms with van der Waals surface area (Å²) in [6, 6.07) is 59.9. The third kappa shape index (κ3) is 8.27. The molecule has 2 unspecified atom stereocenters. The van der Waals surface area contributed by atoms with Crippen molar-refractivity contribution in [3.8, 4) is 11.1 Å². The molecule has 0 radical (unpaired) electrons. The highest BCUT2D eigenvalue weighted by molar-refractivity contribution is 7.14. The number of rotatable bonds is 10. The number of thiazole rings is 2. The van der Waals surface area contributed by atoms with E-state index in [9.17, 15) is 9.59 Å². The maximum atomic E-state index is 14.1. The Labute approximate surface area is 468 Å². The molecule has 7 aliphatic rings. The number of hydrogen-bond donors (Lipinski definition) is 2. The van der Waals surface area contributed by atoms with E-state index in [-0.39, 0.29) is 23.7 Å². The highest BCUT2D eigenvalue weighted by atomic mass is 32.1. The van der Waals surface area contributed by atoms with E-state index in [0.29, 0.717) is 35.9 Å². The van der Waals surface area contributed by atoms with Crippen LogP contribution in [0.2, 0.25) is 0 Å². The summed E-state index contributed by atoms with van der Waals surface area (Å²) in [5.41, 5.74) is 14.0. The van der Waals surface area contributed by atoms with Gasteiger partial charge in [0.05, 0.1) is 28.8 Å². The van der Waals surface area contributed by atoms with Crippen molar-refractivity contribution in [2.24, 2.45) is 15.8 Å². The molecule has 2 N–H and O–H groups in total. The number of hydrogen-bond acceptors (Lipinski definition) is 7. The Morgan fingerprint density at radius 3 is 1.37 bits per heavy atom. The Bertz CT molecular complexity index is 3970. The van der Waals surface area contributed by atoms with Crippen molar-refractivity contribution in [1.29, 1.82) is 0 Å². The van der Waals surface area contributed by atoms with Crippen LogP contribution >= 0.6 is 22.7 Å². The third-order valence-electron chi connectivity index (χ3n) is 17.1. The van der Waals surface area contributed by atoms with Crippen LogP contribution in [0, 0.1) is 24.0 Å². The van der Waals surface area contributed by atoms with Crippen molar-refractivity contribution in [2.45, 2.75) is 62.4 Å². The van der Waals surface area contributed by atoms with Gasteiger partial charge in [-0.2, -0.15) is 0 Å². The Morgan fingerprint density at radius 2 is 0.937 bits per heavy atom. The monoisotopic (exact) mass is 1060 g/mol.